The summed E-state index contributed by atoms with van der Waals surface area (Å²) in [6.45, 7) is 2.82. The minimum absolute atomic E-state index is 0.358. The van der Waals surface area contributed by atoms with Crippen LogP contribution in [0.2, 0.25) is 5.02 Å². The summed E-state index contributed by atoms with van der Waals surface area (Å²) in [5.74, 6) is 0. The first-order chi connectivity index (χ1) is 10.3. The highest BCUT2D eigenvalue weighted by atomic mass is 35.5. The Morgan fingerprint density at radius 2 is 1.81 bits per heavy atom. The SMILES string of the molecule is Sc1ccccc1Cl.c1ccc(CC2CNCCO2)cc1. The maximum atomic E-state index is 5.63. The van der Waals surface area contributed by atoms with E-state index in [9.17, 15) is 0 Å². The monoisotopic (exact) mass is 321 g/mol. The third-order valence-corrected chi connectivity index (χ3v) is 4.01. The molecule has 4 heteroatoms. The van der Waals surface area contributed by atoms with Crippen LogP contribution < -0.4 is 5.32 Å². The van der Waals surface area contributed by atoms with Gasteiger partial charge in [0.05, 0.1) is 17.7 Å². The Labute approximate surface area is 136 Å². The molecule has 1 fully saturated rings. The van der Waals surface area contributed by atoms with Crippen molar-refractivity contribution < 1.29 is 4.74 Å². The summed E-state index contributed by atoms with van der Waals surface area (Å²) in [5.41, 5.74) is 1.36. The van der Waals surface area contributed by atoms with Crippen LogP contribution in [0.3, 0.4) is 0 Å². The van der Waals surface area contributed by atoms with E-state index in [1.165, 1.54) is 5.56 Å². The number of nitrogens with one attached hydrogen (secondary N) is 1. The molecule has 1 N–H and O–H groups in total. The number of hydrogen-bond donors (Lipinski definition) is 2. The maximum absolute atomic E-state index is 5.63. The first-order valence-electron chi connectivity index (χ1n) is 7.05. The molecule has 1 aliphatic heterocycles. The van der Waals surface area contributed by atoms with E-state index >= 15 is 0 Å². The standard InChI is InChI=1S/C11H15NO.C6H5ClS/c1-2-4-10(5-3-1)8-11-9-12-6-7-13-11;7-5-3-1-2-4-6(5)8/h1-5,11-12H,6-9H2;1-4,8H. The molecule has 2 aromatic carbocycles. The molecule has 112 valence electrons. The van der Waals surface area contributed by atoms with Crippen LogP contribution in [0.25, 0.3) is 0 Å². The Hall–Kier alpha value is -1.00. The van der Waals surface area contributed by atoms with Gasteiger partial charge in [0, 0.05) is 18.0 Å². The van der Waals surface area contributed by atoms with E-state index < -0.39 is 0 Å². The molecule has 2 nitrogen and oxygen atoms in total. The number of thiol groups is 1. The zero-order valence-electron chi connectivity index (χ0n) is 11.8. The molecular formula is C17H20ClNOS. The number of rotatable bonds is 2. The highest BCUT2D eigenvalue weighted by Gasteiger charge is 2.12. The summed E-state index contributed by atoms with van der Waals surface area (Å²) in [4.78, 5) is 0.828. The van der Waals surface area contributed by atoms with Crippen molar-refractivity contribution in [3.05, 3.63) is 65.2 Å². The number of morpholine rings is 1. The van der Waals surface area contributed by atoms with Crippen LogP contribution >= 0.6 is 24.2 Å². The first-order valence-corrected chi connectivity index (χ1v) is 7.88. The fourth-order valence-corrected chi connectivity index (χ4v) is 2.38. The van der Waals surface area contributed by atoms with Gasteiger partial charge >= 0.3 is 0 Å². The van der Waals surface area contributed by atoms with Crippen LogP contribution in [0.4, 0.5) is 0 Å². The van der Waals surface area contributed by atoms with E-state index in [0.717, 1.165) is 31.0 Å². The van der Waals surface area contributed by atoms with Crippen molar-refractivity contribution in [2.45, 2.75) is 17.4 Å². The molecule has 21 heavy (non-hydrogen) atoms. The van der Waals surface area contributed by atoms with E-state index in [2.05, 4.69) is 42.2 Å². The molecule has 2 aromatic rings. The molecule has 0 aromatic heterocycles. The van der Waals surface area contributed by atoms with Crippen LogP contribution in [-0.4, -0.2) is 25.8 Å². The van der Waals surface area contributed by atoms with Gasteiger partial charge in [0.1, 0.15) is 0 Å². The van der Waals surface area contributed by atoms with Crippen molar-refractivity contribution >= 4 is 24.2 Å². The van der Waals surface area contributed by atoms with Crippen molar-refractivity contribution in [1.82, 2.24) is 5.32 Å². The summed E-state index contributed by atoms with van der Waals surface area (Å²) in [6.07, 6.45) is 1.38. The van der Waals surface area contributed by atoms with Crippen LogP contribution in [0, 0.1) is 0 Å². The Morgan fingerprint density at radius 1 is 1.10 bits per heavy atom. The third-order valence-electron chi connectivity index (χ3n) is 3.16. The smallest absolute Gasteiger partial charge is 0.0740 e. The number of halogens is 1. The van der Waals surface area contributed by atoms with Gasteiger partial charge in [-0.2, -0.15) is 0 Å². The summed E-state index contributed by atoms with van der Waals surface area (Å²) in [5, 5.41) is 4.03. The lowest BCUT2D eigenvalue weighted by molar-refractivity contribution is 0.0292. The van der Waals surface area contributed by atoms with Gasteiger partial charge in [-0.05, 0) is 24.1 Å². The molecule has 0 aliphatic carbocycles. The minimum Gasteiger partial charge on any atom is -0.375 e. The third kappa shape index (κ3) is 6.10. The number of hydrogen-bond acceptors (Lipinski definition) is 3. The average molecular weight is 322 g/mol. The highest BCUT2D eigenvalue weighted by Crippen LogP contribution is 2.17. The van der Waals surface area contributed by atoms with Crippen LogP contribution in [0.5, 0.6) is 0 Å². The molecule has 0 saturated carbocycles. The average Bonchev–Trinajstić information content (AvgIpc) is 2.53. The van der Waals surface area contributed by atoms with Crippen molar-refractivity contribution in [2.75, 3.05) is 19.7 Å². The van der Waals surface area contributed by atoms with Gasteiger partial charge < -0.3 is 10.1 Å². The summed E-state index contributed by atoms with van der Waals surface area (Å²) < 4.78 is 5.62. The van der Waals surface area contributed by atoms with E-state index in [1.54, 1.807) is 0 Å². The molecule has 3 rings (SSSR count). The van der Waals surface area contributed by atoms with Crippen molar-refractivity contribution in [3.63, 3.8) is 0 Å². The molecule has 1 saturated heterocycles. The van der Waals surface area contributed by atoms with Gasteiger partial charge in [-0.15, -0.1) is 12.6 Å². The second kappa shape index (κ2) is 9.11. The van der Waals surface area contributed by atoms with Crippen molar-refractivity contribution in [1.29, 1.82) is 0 Å². The number of benzene rings is 2. The Kier molecular flexibility index (Phi) is 7.10. The van der Waals surface area contributed by atoms with E-state index in [0.29, 0.717) is 11.1 Å². The highest BCUT2D eigenvalue weighted by molar-refractivity contribution is 7.80. The lowest BCUT2D eigenvalue weighted by Gasteiger charge is -2.23. The van der Waals surface area contributed by atoms with Gasteiger partial charge in [-0.3, -0.25) is 0 Å². The fraction of sp³-hybridized carbons (Fsp3) is 0.294. The van der Waals surface area contributed by atoms with Gasteiger partial charge in [0.2, 0.25) is 0 Å². The van der Waals surface area contributed by atoms with E-state index in [1.807, 2.05) is 30.3 Å². The molecular weight excluding hydrogens is 302 g/mol. The molecule has 0 bridgehead atoms. The predicted octanol–water partition coefficient (Wildman–Crippen LogP) is 3.85. The number of ether oxygens (including phenoxy) is 1. The van der Waals surface area contributed by atoms with Crippen LogP contribution in [-0.2, 0) is 11.2 Å². The van der Waals surface area contributed by atoms with Gasteiger partial charge in [0.15, 0.2) is 0 Å². The summed E-state index contributed by atoms with van der Waals surface area (Å²) in [6, 6.07) is 17.9. The molecule has 1 unspecified atom stereocenters. The van der Waals surface area contributed by atoms with Crippen molar-refractivity contribution in [3.8, 4) is 0 Å². The zero-order valence-corrected chi connectivity index (χ0v) is 13.5. The lowest BCUT2D eigenvalue weighted by Crippen LogP contribution is -2.39. The summed E-state index contributed by atoms with van der Waals surface area (Å²) >= 11 is 9.70. The van der Waals surface area contributed by atoms with Gasteiger partial charge in [-0.25, -0.2) is 0 Å². The normalized spacial score (nSPS) is 17.7. The van der Waals surface area contributed by atoms with E-state index in [4.69, 9.17) is 16.3 Å². The minimum atomic E-state index is 0.358. The second-order valence-electron chi connectivity index (χ2n) is 4.84. The predicted molar refractivity (Wildman–Crippen MR) is 91.5 cm³/mol. The van der Waals surface area contributed by atoms with Gasteiger partial charge in [-0.1, -0.05) is 54.1 Å². The Bertz CT molecular complexity index is 508. The molecule has 0 amide bonds. The molecule has 0 spiro atoms. The molecule has 1 atom stereocenters. The largest absolute Gasteiger partial charge is 0.375 e. The topological polar surface area (TPSA) is 21.3 Å². The fourth-order valence-electron chi connectivity index (χ4n) is 2.08. The zero-order chi connectivity index (χ0) is 14.9. The quantitative estimate of drug-likeness (QED) is 0.820. The maximum Gasteiger partial charge on any atom is 0.0740 e. The lowest BCUT2D eigenvalue weighted by atomic mass is 10.1. The summed E-state index contributed by atoms with van der Waals surface area (Å²) in [7, 11) is 0. The molecule has 1 heterocycles. The molecule has 0 radical (unpaired) electrons. The first kappa shape index (κ1) is 16.4. The van der Waals surface area contributed by atoms with Gasteiger partial charge in [0.25, 0.3) is 0 Å². The molecule has 1 aliphatic rings. The van der Waals surface area contributed by atoms with Crippen molar-refractivity contribution in [2.24, 2.45) is 0 Å². The van der Waals surface area contributed by atoms with Crippen LogP contribution in [0.15, 0.2) is 59.5 Å². The van der Waals surface area contributed by atoms with Crippen LogP contribution in [0.1, 0.15) is 5.56 Å². The Balaban J connectivity index is 0.000000173. The Morgan fingerprint density at radius 3 is 2.38 bits per heavy atom. The second-order valence-corrected chi connectivity index (χ2v) is 5.73. The van der Waals surface area contributed by atoms with E-state index in [-0.39, 0.29) is 0 Å².